The molecule has 0 heterocycles. The summed E-state index contributed by atoms with van der Waals surface area (Å²) in [7, 11) is 0. The summed E-state index contributed by atoms with van der Waals surface area (Å²) < 4.78 is 13.8. The van der Waals surface area contributed by atoms with E-state index >= 15 is 0 Å². The van der Waals surface area contributed by atoms with E-state index in [-0.39, 0.29) is 17.4 Å². The molecule has 0 amide bonds. The van der Waals surface area contributed by atoms with E-state index in [1.807, 2.05) is 30.3 Å². The van der Waals surface area contributed by atoms with Crippen LogP contribution in [0.25, 0.3) is 0 Å². The number of rotatable bonds is 5. The summed E-state index contributed by atoms with van der Waals surface area (Å²) in [6.45, 7) is 2.06. The van der Waals surface area contributed by atoms with Crippen molar-refractivity contribution in [1.82, 2.24) is 0 Å². The number of aliphatic hydroxyl groups excluding tert-OH is 1. The van der Waals surface area contributed by atoms with Gasteiger partial charge in [-0.05, 0) is 29.5 Å². The fraction of sp³-hybridized carbons (Fsp3) is 0.294. The van der Waals surface area contributed by atoms with Crippen LogP contribution in [0.1, 0.15) is 30.4 Å². The highest BCUT2D eigenvalue weighted by molar-refractivity contribution is 6.30. The summed E-state index contributed by atoms with van der Waals surface area (Å²) in [6.07, 6.45) is 0.290. The number of hydrogen-bond acceptors (Lipinski definition) is 1. The normalized spacial score (nSPS) is 14.0. The van der Waals surface area contributed by atoms with Gasteiger partial charge in [0.05, 0.1) is 11.1 Å². The van der Waals surface area contributed by atoms with E-state index in [1.54, 1.807) is 12.1 Å². The third kappa shape index (κ3) is 3.81. The highest BCUT2D eigenvalue weighted by atomic mass is 35.5. The van der Waals surface area contributed by atoms with Crippen molar-refractivity contribution in [1.29, 1.82) is 0 Å². The largest absolute Gasteiger partial charge is 0.393 e. The molecule has 2 rings (SSSR count). The van der Waals surface area contributed by atoms with Crippen molar-refractivity contribution in [3.05, 3.63) is 70.5 Å². The van der Waals surface area contributed by atoms with Crippen LogP contribution in [0.4, 0.5) is 4.39 Å². The van der Waals surface area contributed by atoms with Crippen LogP contribution < -0.4 is 0 Å². The molecule has 0 aromatic heterocycles. The lowest BCUT2D eigenvalue weighted by molar-refractivity contribution is 0.156. The van der Waals surface area contributed by atoms with Crippen molar-refractivity contribution >= 4 is 11.6 Å². The van der Waals surface area contributed by atoms with E-state index in [2.05, 4.69) is 6.92 Å². The van der Waals surface area contributed by atoms with Crippen molar-refractivity contribution < 1.29 is 9.50 Å². The Morgan fingerprint density at radius 2 is 1.80 bits per heavy atom. The molecule has 0 bridgehead atoms. The van der Waals surface area contributed by atoms with Crippen LogP contribution in [0.15, 0.2) is 48.5 Å². The molecule has 106 valence electrons. The van der Waals surface area contributed by atoms with Crippen LogP contribution in [-0.2, 0) is 6.42 Å². The average molecular weight is 293 g/mol. The van der Waals surface area contributed by atoms with Crippen LogP contribution in [0.2, 0.25) is 5.02 Å². The monoisotopic (exact) mass is 292 g/mol. The maximum Gasteiger partial charge on any atom is 0.145 e. The van der Waals surface area contributed by atoms with Crippen molar-refractivity contribution in [3.8, 4) is 0 Å². The molecule has 0 aliphatic carbocycles. The van der Waals surface area contributed by atoms with Gasteiger partial charge in [0.25, 0.3) is 0 Å². The van der Waals surface area contributed by atoms with E-state index in [0.29, 0.717) is 12.0 Å². The maximum absolute atomic E-state index is 13.8. The third-order valence-corrected chi connectivity index (χ3v) is 3.77. The first-order valence-corrected chi connectivity index (χ1v) is 7.11. The predicted octanol–water partition coefficient (Wildman–Crippen LogP) is 4.58. The van der Waals surface area contributed by atoms with Gasteiger partial charge in [0, 0.05) is 6.42 Å². The van der Waals surface area contributed by atoms with Gasteiger partial charge < -0.3 is 5.11 Å². The van der Waals surface area contributed by atoms with Crippen molar-refractivity contribution in [2.75, 3.05) is 0 Å². The molecule has 2 atom stereocenters. The van der Waals surface area contributed by atoms with Gasteiger partial charge >= 0.3 is 0 Å². The zero-order chi connectivity index (χ0) is 14.5. The molecule has 20 heavy (non-hydrogen) atoms. The second kappa shape index (κ2) is 6.87. The van der Waals surface area contributed by atoms with E-state index in [4.69, 9.17) is 11.6 Å². The first-order valence-electron chi connectivity index (χ1n) is 6.74. The van der Waals surface area contributed by atoms with Gasteiger partial charge in [-0.25, -0.2) is 4.39 Å². The summed E-state index contributed by atoms with van der Waals surface area (Å²) in [5.74, 6) is -0.200. The molecule has 2 aromatic carbocycles. The molecule has 3 heteroatoms. The quantitative estimate of drug-likeness (QED) is 0.855. The van der Waals surface area contributed by atoms with Crippen LogP contribution in [-0.4, -0.2) is 11.2 Å². The number of aliphatic hydroxyl groups is 1. The zero-order valence-corrected chi connectivity index (χ0v) is 12.1. The Bertz CT molecular complexity index is 556. The van der Waals surface area contributed by atoms with Gasteiger partial charge in [-0.3, -0.25) is 0 Å². The van der Waals surface area contributed by atoms with Crippen LogP contribution in [0.5, 0.6) is 0 Å². The van der Waals surface area contributed by atoms with E-state index in [9.17, 15) is 9.50 Å². The van der Waals surface area contributed by atoms with Crippen LogP contribution in [0.3, 0.4) is 0 Å². The van der Waals surface area contributed by atoms with Gasteiger partial charge in [-0.2, -0.15) is 0 Å². The van der Waals surface area contributed by atoms with Gasteiger partial charge in [0.15, 0.2) is 0 Å². The SMILES string of the molecule is CC(CC(O)Cc1cccc(Cl)c1F)c1ccccc1. The Labute approximate surface area is 124 Å². The van der Waals surface area contributed by atoms with Gasteiger partial charge in [0.1, 0.15) is 5.82 Å². The lowest BCUT2D eigenvalue weighted by atomic mass is 9.92. The van der Waals surface area contributed by atoms with Crippen molar-refractivity contribution in [2.24, 2.45) is 0 Å². The zero-order valence-electron chi connectivity index (χ0n) is 11.4. The molecule has 2 unspecified atom stereocenters. The molecule has 2 aromatic rings. The molecule has 0 fully saturated rings. The topological polar surface area (TPSA) is 20.2 Å². The highest BCUT2D eigenvalue weighted by Crippen LogP contribution is 2.24. The lowest BCUT2D eigenvalue weighted by Crippen LogP contribution is -2.15. The molecule has 1 nitrogen and oxygen atoms in total. The summed E-state index contributed by atoms with van der Waals surface area (Å²) >= 11 is 5.74. The Balaban J connectivity index is 1.99. The fourth-order valence-corrected chi connectivity index (χ4v) is 2.56. The van der Waals surface area contributed by atoms with Crippen LogP contribution >= 0.6 is 11.6 Å². The highest BCUT2D eigenvalue weighted by Gasteiger charge is 2.15. The molecular formula is C17H18ClFO. The molecular weight excluding hydrogens is 275 g/mol. The van der Waals surface area contributed by atoms with Gasteiger partial charge in [0.2, 0.25) is 0 Å². The first-order chi connectivity index (χ1) is 9.58. The van der Waals surface area contributed by atoms with Gasteiger partial charge in [-0.15, -0.1) is 0 Å². The standard InChI is InChI=1S/C17H18ClFO/c1-12(13-6-3-2-4-7-13)10-15(20)11-14-8-5-9-16(18)17(14)19/h2-9,12,15,20H,10-11H2,1H3. The second-order valence-electron chi connectivity index (χ2n) is 5.12. The maximum atomic E-state index is 13.8. The molecule has 0 saturated heterocycles. The van der Waals surface area contributed by atoms with E-state index in [1.165, 1.54) is 11.6 Å². The Hall–Kier alpha value is -1.38. The third-order valence-electron chi connectivity index (χ3n) is 3.48. The summed E-state index contributed by atoms with van der Waals surface area (Å²) in [6, 6.07) is 14.9. The Kier molecular flexibility index (Phi) is 5.16. The Morgan fingerprint density at radius 1 is 1.10 bits per heavy atom. The molecule has 0 saturated carbocycles. The summed E-state index contributed by atoms with van der Waals surface area (Å²) in [5.41, 5.74) is 1.64. The average Bonchev–Trinajstić information content (AvgIpc) is 2.45. The number of hydrogen-bond donors (Lipinski definition) is 1. The van der Waals surface area contributed by atoms with Gasteiger partial charge in [-0.1, -0.05) is 61.0 Å². The lowest BCUT2D eigenvalue weighted by Gasteiger charge is -2.17. The smallest absolute Gasteiger partial charge is 0.145 e. The van der Waals surface area contributed by atoms with E-state index < -0.39 is 11.9 Å². The fourth-order valence-electron chi connectivity index (χ4n) is 2.37. The molecule has 0 spiro atoms. The van der Waals surface area contributed by atoms with Crippen molar-refractivity contribution in [3.63, 3.8) is 0 Å². The first kappa shape index (κ1) is 15.0. The predicted molar refractivity (Wildman–Crippen MR) is 80.6 cm³/mol. The number of halogens is 2. The summed E-state index contributed by atoms with van der Waals surface area (Å²) in [4.78, 5) is 0. The van der Waals surface area contributed by atoms with E-state index in [0.717, 1.165) is 0 Å². The molecule has 0 aliphatic rings. The minimum atomic E-state index is -0.585. The summed E-state index contributed by atoms with van der Waals surface area (Å²) in [5, 5.41) is 10.2. The molecule has 1 N–H and O–H groups in total. The molecule has 0 radical (unpaired) electrons. The van der Waals surface area contributed by atoms with Crippen molar-refractivity contribution in [2.45, 2.75) is 31.8 Å². The molecule has 0 aliphatic heterocycles. The Morgan fingerprint density at radius 3 is 2.50 bits per heavy atom. The number of benzene rings is 2. The minimum Gasteiger partial charge on any atom is -0.393 e. The minimum absolute atomic E-state index is 0.103. The van der Waals surface area contributed by atoms with Crippen LogP contribution in [0, 0.1) is 5.82 Å². The second-order valence-corrected chi connectivity index (χ2v) is 5.53.